The topological polar surface area (TPSA) is 122 Å². The fourth-order valence-corrected chi connectivity index (χ4v) is 4.27. The number of aromatic nitrogens is 3. The third-order valence-electron chi connectivity index (χ3n) is 6.27. The minimum atomic E-state index is -0.765. The van der Waals surface area contributed by atoms with E-state index in [-0.39, 0.29) is 6.54 Å². The van der Waals surface area contributed by atoms with Gasteiger partial charge >= 0.3 is 11.4 Å². The number of benzene rings is 2. The third kappa shape index (κ3) is 6.37. The van der Waals surface area contributed by atoms with Crippen LogP contribution in [0.5, 0.6) is 5.88 Å². The van der Waals surface area contributed by atoms with E-state index in [0.29, 0.717) is 25.5 Å². The van der Waals surface area contributed by atoms with Gasteiger partial charge in [0.15, 0.2) is 0 Å². The molecular formula is C28H32N4O5. The molecule has 2 heterocycles. The second-order valence-corrected chi connectivity index (χ2v) is 9.21. The van der Waals surface area contributed by atoms with Crippen LogP contribution in [-0.2, 0) is 13.1 Å². The zero-order chi connectivity index (χ0) is 26.5. The maximum Gasteiger partial charge on any atom is 0.440 e. The number of pyridine rings is 1. The van der Waals surface area contributed by atoms with Gasteiger partial charge in [0.25, 0.3) is 0 Å². The molecule has 2 aromatic heterocycles. The van der Waals surface area contributed by atoms with Crippen molar-refractivity contribution in [2.45, 2.75) is 53.3 Å². The Morgan fingerprint density at radius 1 is 1.14 bits per heavy atom. The minimum Gasteiger partial charge on any atom is -0.478 e. The molecule has 0 spiro atoms. The van der Waals surface area contributed by atoms with Gasteiger partial charge in [-0.05, 0) is 67.6 Å². The Bertz CT molecular complexity index is 1460. The number of rotatable bonds is 10. The summed E-state index contributed by atoms with van der Waals surface area (Å²) in [5.41, 5.74) is 7.75. The molecule has 0 saturated heterocycles. The summed E-state index contributed by atoms with van der Waals surface area (Å²) in [6.45, 7) is 9.14. The summed E-state index contributed by atoms with van der Waals surface area (Å²) in [4.78, 5) is 29.5. The molecule has 0 radical (unpaired) electrons. The van der Waals surface area contributed by atoms with Crippen LogP contribution in [0.3, 0.4) is 0 Å². The van der Waals surface area contributed by atoms with E-state index in [1.54, 1.807) is 6.92 Å². The van der Waals surface area contributed by atoms with Crippen molar-refractivity contribution >= 4 is 5.69 Å². The average molecular weight is 505 g/mol. The van der Waals surface area contributed by atoms with Gasteiger partial charge in [-0.15, -0.1) is 4.74 Å². The Kier molecular flexibility index (Phi) is 7.93. The monoisotopic (exact) mass is 504 g/mol. The zero-order valence-corrected chi connectivity index (χ0v) is 21.5. The Morgan fingerprint density at radius 3 is 2.54 bits per heavy atom. The quantitative estimate of drug-likeness (QED) is 0.299. The molecular weight excluding hydrogens is 472 g/mol. The first kappa shape index (κ1) is 26.0. The van der Waals surface area contributed by atoms with Gasteiger partial charge in [0.05, 0.1) is 19.3 Å². The largest absolute Gasteiger partial charge is 0.478 e. The lowest BCUT2D eigenvalue weighted by atomic mass is 9.92. The first-order chi connectivity index (χ1) is 17.7. The van der Waals surface area contributed by atoms with E-state index in [9.17, 15) is 14.7 Å². The van der Waals surface area contributed by atoms with Crippen LogP contribution in [0, 0.1) is 20.8 Å². The standard InChI is InChI=1S/C28H32N4O5/c1-17-14-25(36-13-12-18(2)33)30-20(4)26(17)24-7-5-6-22(19(24)3)15-29-23-10-8-21(9-11-23)16-32-27(34)31-28(35)37-32/h5-11,14,18,29,33H,12-13,15-16H2,1-4H3,(H,31,34,35)/t18-/m0/s1. The van der Waals surface area contributed by atoms with Crippen molar-refractivity contribution < 1.29 is 14.4 Å². The number of hydrogen-bond acceptors (Lipinski definition) is 7. The van der Waals surface area contributed by atoms with Gasteiger partial charge in [-0.1, -0.05) is 30.3 Å². The van der Waals surface area contributed by atoms with Crippen molar-refractivity contribution in [1.29, 1.82) is 0 Å². The first-order valence-electron chi connectivity index (χ1n) is 12.2. The highest BCUT2D eigenvalue weighted by Gasteiger charge is 2.14. The number of aromatic amines is 1. The van der Waals surface area contributed by atoms with Crippen molar-refractivity contribution in [3.8, 4) is 17.0 Å². The molecule has 4 rings (SSSR count). The Morgan fingerprint density at radius 2 is 1.89 bits per heavy atom. The summed E-state index contributed by atoms with van der Waals surface area (Å²) < 4.78 is 11.6. The summed E-state index contributed by atoms with van der Waals surface area (Å²) in [5, 5.41) is 12.9. The van der Waals surface area contributed by atoms with Crippen molar-refractivity contribution in [3.05, 3.63) is 97.5 Å². The highest BCUT2D eigenvalue weighted by atomic mass is 16.5. The molecule has 0 amide bonds. The molecule has 0 aliphatic heterocycles. The molecule has 0 saturated carbocycles. The van der Waals surface area contributed by atoms with Crippen LogP contribution in [0.1, 0.15) is 41.3 Å². The molecule has 37 heavy (non-hydrogen) atoms. The fourth-order valence-electron chi connectivity index (χ4n) is 4.27. The predicted octanol–water partition coefficient (Wildman–Crippen LogP) is 3.93. The molecule has 4 aromatic rings. The molecule has 0 bridgehead atoms. The Balaban J connectivity index is 1.46. The Hall–Kier alpha value is -4.11. The van der Waals surface area contributed by atoms with Gasteiger partial charge in [-0.2, -0.15) is 0 Å². The van der Waals surface area contributed by atoms with Crippen molar-refractivity contribution in [1.82, 2.24) is 14.7 Å². The van der Waals surface area contributed by atoms with Gasteiger partial charge in [0.1, 0.15) is 0 Å². The molecule has 9 nitrogen and oxygen atoms in total. The second-order valence-electron chi connectivity index (χ2n) is 9.21. The Labute approximate surface area is 214 Å². The van der Waals surface area contributed by atoms with E-state index in [1.165, 1.54) is 11.1 Å². The number of nitrogens with zero attached hydrogens (tertiary/aromatic N) is 2. The minimum absolute atomic E-state index is 0.177. The lowest BCUT2D eigenvalue weighted by Crippen LogP contribution is -2.17. The van der Waals surface area contributed by atoms with E-state index in [0.717, 1.165) is 38.4 Å². The number of ether oxygens (including phenoxy) is 1. The molecule has 3 N–H and O–H groups in total. The summed E-state index contributed by atoms with van der Waals surface area (Å²) in [5.74, 6) is -0.194. The highest BCUT2D eigenvalue weighted by Crippen LogP contribution is 2.32. The SMILES string of the molecule is Cc1cc(OCC[C@H](C)O)nc(C)c1-c1cccc(CNc2ccc(Cn3oc(=O)[nH]c3=O)cc2)c1C. The van der Waals surface area contributed by atoms with Crippen LogP contribution >= 0.6 is 0 Å². The molecule has 194 valence electrons. The van der Waals surface area contributed by atoms with Crippen LogP contribution in [0.2, 0.25) is 0 Å². The maximum absolute atomic E-state index is 11.6. The van der Waals surface area contributed by atoms with Crippen LogP contribution < -0.4 is 21.5 Å². The normalized spacial score (nSPS) is 11.9. The molecule has 0 fully saturated rings. The highest BCUT2D eigenvalue weighted by molar-refractivity contribution is 5.74. The van der Waals surface area contributed by atoms with Gasteiger partial charge in [0.2, 0.25) is 5.88 Å². The van der Waals surface area contributed by atoms with Crippen molar-refractivity contribution in [2.75, 3.05) is 11.9 Å². The molecule has 0 aliphatic carbocycles. The number of hydrogen-bond donors (Lipinski definition) is 3. The van der Waals surface area contributed by atoms with Gasteiger partial charge in [-0.3, -0.25) is 0 Å². The molecule has 0 unspecified atom stereocenters. The van der Waals surface area contributed by atoms with E-state index in [4.69, 9.17) is 9.26 Å². The van der Waals surface area contributed by atoms with E-state index < -0.39 is 17.5 Å². The maximum atomic E-state index is 11.6. The van der Waals surface area contributed by atoms with E-state index in [2.05, 4.69) is 47.3 Å². The smallest absolute Gasteiger partial charge is 0.440 e. The summed E-state index contributed by atoms with van der Waals surface area (Å²) in [6.07, 6.45) is 0.154. The van der Waals surface area contributed by atoms with Crippen molar-refractivity contribution in [2.24, 2.45) is 0 Å². The van der Waals surface area contributed by atoms with Crippen LogP contribution in [0.15, 0.2) is 62.6 Å². The van der Waals surface area contributed by atoms with Gasteiger partial charge in [-0.25, -0.2) is 19.6 Å². The number of aliphatic hydroxyl groups is 1. The molecule has 1 atom stereocenters. The fraction of sp³-hybridized carbons (Fsp3) is 0.321. The van der Waals surface area contributed by atoms with Crippen LogP contribution in [0.4, 0.5) is 5.69 Å². The predicted molar refractivity (Wildman–Crippen MR) is 142 cm³/mol. The molecule has 0 aliphatic rings. The number of H-pyrrole nitrogens is 1. The van der Waals surface area contributed by atoms with Crippen LogP contribution in [0.25, 0.3) is 11.1 Å². The first-order valence-corrected chi connectivity index (χ1v) is 12.2. The van der Waals surface area contributed by atoms with Crippen LogP contribution in [-0.4, -0.2) is 32.5 Å². The van der Waals surface area contributed by atoms with Crippen molar-refractivity contribution in [3.63, 3.8) is 0 Å². The molecule has 9 heteroatoms. The van der Waals surface area contributed by atoms with Gasteiger partial charge < -0.3 is 19.7 Å². The summed E-state index contributed by atoms with van der Waals surface area (Å²) >= 11 is 0. The molecule has 2 aromatic carbocycles. The third-order valence-corrected chi connectivity index (χ3v) is 6.27. The number of anilines is 1. The van der Waals surface area contributed by atoms with E-state index in [1.807, 2.05) is 37.3 Å². The lowest BCUT2D eigenvalue weighted by Gasteiger charge is -2.17. The summed E-state index contributed by atoms with van der Waals surface area (Å²) in [6, 6.07) is 15.8. The number of aryl methyl sites for hydroxylation is 2. The van der Waals surface area contributed by atoms with E-state index >= 15 is 0 Å². The number of aliphatic hydroxyl groups excluding tert-OH is 1. The van der Waals surface area contributed by atoms with Gasteiger partial charge in [0, 0.05) is 36.0 Å². The average Bonchev–Trinajstić information content (AvgIpc) is 3.16. The number of nitrogens with one attached hydrogen (secondary N) is 2. The lowest BCUT2D eigenvalue weighted by molar-refractivity contribution is 0.154. The zero-order valence-electron chi connectivity index (χ0n) is 21.5. The summed E-state index contributed by atoms with van der Waals surface area (Å²) in [7, 11) is 0. The second kappa shape index (κ2) is 11.3.